The van der Waals surface area contributed by atoms with Gasteiger partial charge >= 0.3 is 11.9 Å². The monoisotopic (exact) mass is 232 g/mol. The molecule has 0 aliphatic carbocycles. The van der Waals surface area contributed by atoms with Gasteiger partial charge in [0.1, 0.15) is 11.7 Å². The van der Waals surface area contributed by atoms with Crippen molar-refractivity contribution >= 4 is 17.7 Å². The van der Waals surface area contributed by atoms with E-state index in [-0.39, 0.29) is 6.61 Å². The Kier molecular flexibility index (Phi) is 5.84. The summed E-state index contributed by atoms with van der Waals surface area (Å²) >= 11 is 0. The van der Waals surface area contributed by atoms with Crippen molar-refractivity contribution in [3.8, 4) is 0 Å². The minimum atomic E-state index is -1.44. The lowest BCUT2D eigenvalue weighted by molar-refractivity contribution is -0.166. The number of hydrogen-bond donors (Lipinski definition) is 2. The normalized spacial score (nSPS) is 16.1. The maximum atomic E-state index is 11.4. The molecule has 0 fully saturated rings. The Labute approximate surface area is 93.2 Å². The highest BCUT2D eigenvalue weighted by Crippen LogP contribution is 2.16. The molecule has 0 amide bonds. The van der Waals surface area contributed by atoms with Gasteiger partial charge in [-0.25, -0.2) is 0 Å². The van der Waals surface area contributed by atoms with Gasteiger partial charge in [-0.3, -0.25) is 14.4 Å². The fourth-order valence-electron chi connectivity index (χ4n) is 1.19. The van der Waals surface area contributed by atoms with Gasteiger partial charge in [0.25, 0.3) is 0 Å². The molecule has 0 aliphatic heterocycles. The zero-order valence-corrected chi connectivity index (χ0v) is 9.47. The zero-order valence-electron chi connectivity index (χ0n) is 9.47. The van der Waals surface area contributed by atoms with Gasteiger partial charge in [-0.1, -0.05) is 6.92 Å². The van der Waals surface area contributed by atoms with E-state index in [1.807, 2.05) is 0 Å². The quantitative estimate of drug-likeness (QED) is 0.478. The van der Waals surface area contributed by atoms with Crippen LogP contribution in [0.25, 0.3) is 0 Å². The second-order valence-electron chi connectivity index (χ2n) is 3.65. The minimum absolute atomic E-state index is 0.377. The fraction of sp³-hybridized carbons (Fsp3) is 0.700. The lowest BCUT2D eigenvalue weighted by Crippen LogP contribution is -2.40. The fourth-order valence-corrected chi connectivity index (χ4v) is 1.19. The van der Waals surface area contributed by atoms with Crippen LogP contribution in [0.2, 0.25) is 0 Å². The van der Waals surface area contributed by atoms with E-state index in [2.05, 4.69) is 4.74 Å². The highest BCUT2D eigenvalue weighted by molar-refractivity contribution is 6.01. The highest BCUT2D eigenvalue weighted by atomic mass is 16.6. The van der Waals surface area contributed by atoms with Crippen LogP contribution in [-0.2, 0) is 19.1 Å². The zero-order chi connectivity index (χ0) is 12.9. The SMILES string of the molecule is CC(=O)OC(=O)C(C(C)=O)C(O)C(C)CO. The van der Waals surface area contributed by atoms with Crippen LogP contribution in [0.3, 0.4) is 0 Å². The number of rotatable bonds is 5. The van der Waals surface area contributed by atoms with Crippen LogP contribution in [0.1, 0.15) is 20.8 Å². The van der Waals surface area contributed by atoms with Gasteiger partial charge in [0, 0.05) is 19.4 Å². The van der Waals surface area contributed by atoms with Gasteiger partial charge in [0.05, 0.1) is 6.10 Å². The van der Waals surface area contributed by atoms with Crippen molar-refractivity contribution in [3.05, 3.63) is 0 Å². The molecule has 0 saturated heterocycles. The predicted octanol–water partition coefficient (Wildman–Crippen LogP) is -0.729. The van der Waals surface area contributed by atoms with Crippen molar-refractivity contribution in [2.45, 2.75) is 26.9 Å². The third-order valence-corrected chi connectivity index (χ3v) is 2.15. The van der Waals surface area contributed by atoms with Crippen molar-refractivity contribution in [2.75, 3.05) is 6.61 Å². The van der Waals surface area contributed by atoms with Gasteiger partial charge in [0.2, 0.25) is 0 Å². The molecule has 6 nitrogen and oxygen atoms in total. The Balaban J connectivity index is 4.80. The van der Waals surface area contributed by atoms with Gasteiger partial charge in [-0.05, 0) is 6.92 Å². The molecule has 0 radical (unpaired) electrons. The molecule has 6 heteroatoms. The van der Waals surface area contributed by atoms with E-state index < -0.39 is 35.7 Å². The molecule has 16 heavy (non-hydrogen) atoms. The first-order valence-electron chi connectivity index (χ1n) is 4.82. The van der Waals surface area contributed by atoms with Crippen molar-refractivity contribution in [1.29, 1.82) is 0 Å². The van der Waals surface area contributed by atoms with Crippen LogP contribution in [0, 0.1) is 11.8 Å². The van der Waals surface area contributed by atoms with Gasteiger partial charge in [0.15, 0.2) is 0 Å². The number of carbonyl (C=O) groups excluding carboxylic acids is 3. The Hall–Kier alpha value is -1.27. The van der Waals surface area contributed by atoms with E-state index in [1.165, 1.54) is 6.92 Å². The molecule has 0 aromatic carbocycles. The minimum Gasteiger partial charge on any atom is -0.396 e. The molecule has 0 aromatic rings. The Bertz CT molecular complexity index is 285. The molecule has 2 N–H and O–H groups in total. The summed E-state index contributed by atoms with van der Waals surface area (Å²) in [7, 11) is 0. The summed E-state index contributed by atoms with van der Waals surface area (Å²) in [5.74, 6) is -4.65. The maximum absolute atomic E-state index is 11.4. The lowest BCUT2D eigenvalue weighted by Gasteiger charge is -2.22. The van der Waals surface area contributed by atoms with Crippen LogP contribution in [0.4, 0.5) is 0 Å². The number of esters is 2. The Morgan fingerprint density at radius 1 is 1.25 bits per heavy atom. The highest BCUT2D eigenvalue weighted by Gasteiger charge is 2.36. The molecular formula is C10H16O6. The van der Waals surface area contributed by atoms with E-state index in [0.29, 0.717) is 0 Å². The first-order valence-corrected chi connectivity index (χ1v) is 4.82. The molecule has 0 rings (SSSR count). The summed E-state index contributed by atoms with van der Waals surface area (Å²) in [5, 5.41) is 18.4. The average molecular weight is 232 g/mol. The lowest BCUT2D eigenvalue weighted by atomic mass is 9.90. The molecule has 3 unspecified atom stereocenters. The molecule has 0 spiro atoms. The van der Waals surface area contributed by atoms with E-state index in [4.69, 9.17) is 5.11 Å². The summed E-state index contributed by atoms with van der Waals surface area (Å²) in [6, 6.07) is 0. The smallest absolute Gasteiger partial charge is 0.326 e. The van der Waals surface area contributed by atoms with Crippen molar-refractivity contribution in [2.24, 2.45) is 11.8 Å². The summed E-state index contributed by atoms with van der Waals surface area (Å²) in [5.41, 5.74) is 0. The summed E-state index contributed by atoms with van der Waals surface area (Å²) in [6.45, 7) is 3.23. The molecule has 0 heterocycles. The first-order chi connectivity index (χ1) is 7.31. The van der Waals surface area contributed by atoms with E-state index in [9.17, 15) is 19.5 Å². The molecule has 92 valence electrons. The van der Waals surface area contributed by atoms with Gasteiger partial charge < -0.3 is 14.9 Å². The number of ketones is 1. The second kappa shape index (κ2) is 6.34. The second-order valence-corrected chi connectivity index (χ2v) is 3.65. The summed E-state index contributed by atoms with van der Waals surface area (Å²) < 4.78 is 4.25. The number of Topliss-reactive ketones (excluding diaryl/α,β-unsaturated/α-hetero) is 1. The predicted molar refractivity (Wildman–Crippen MR) is 53.2 cm³/mol. The van der Waals surface area contributed by atoms with Crippen LogP contribution in [0.15, 0.2) is 0 Å². The number of aliphatic hydroxyl groups is 2. The standard InChI is InChI=1S/C10H16O6/c1-5(4-11)9(14)8(6(2)12)10(15)16-7(3)13/h5,8-9,11,14H,4H2,1-3H3. The van der Waals surface area contributed by atoms with Crippen LogP contribution < -0.4 is 0 Å². The van der Waals surface area contributed by atoms with Gasteiger partial charge in [-0.15, -0.1) is 0 Å². The Morgan fingerprint density at radius 2 is 1.75 bits per heavy atom. The largest absolute Gasteiger partial charge is 0.396 e. The third-order valence-electron chi connectivity index (χ3n) is 2.15. The summed E-state index contributed by atoms with van der Waals surface area (Å²) in [6.07, 6.45) is -1.37. The molecule has 0 saturated carbocycles. The average Bonchev–Trinajstić information content (AvgIpc) is 2.14. The van der Waals surface area contributed by atoms with Gasteiger partial charge in [-0.2, -0.15) is 0 Å². The van der Waals surface area contributed by atoms with E-state index in [0.717, 1.165) is 13.8 Å². The maximum Gasteiger partial charge on any atom is 0.326 e. The van der Waals surface area contributed by atoms with E-state index >= 15 is 0 Å². The number of ether oxygens (including phenoxy) is 1. The van der Waals surface area contributed by atoms with Crippen molar-refractivity contribution in [1.82, 2.24) is 0 Å². The van der Waals surface area contributed by atoms with Crippen molar-refractivity contribution < 1.29 is 29.3 Å². The number of aliphatic hydroxyl groups excluding tert-OH is 2. The Morgan fingerprint density at radius 3 is 2.06 bits per heavy atom. The molecular weight excluding hydrogens is 216 g/mol. The van der Waals surface area contributed by atoms with E-state index in [1.54, 1.807) is 0 Å². The summed E-state index contributed by atoms with van der Waals surface area (Å²) in [4.78, 5) is 33.1. The topological polar surface area (TPSA) is 101 Å². The van der Waals surface area contributed by atoms with Crippen molar-refractivity contribution in [3.63, 3.8) is 0 Å². The van der Waals surface area contributed by atoms with Crippen LogP contribution in [-0.4, -0.2) is 40.6 Å². The van der Waals surface area contributed by atoms with Crippen LogP contribution >= 0.6 is 0 Å². The molecule has 0 aliphatic rings. The number of hydrogen-bond acceptors (Lipinski definition) is 6. The van der Waals surface area contributed by atoms with Crippen LogP contribution in [0.5, 0.6) is 0 Å². The molecule has 0 bridgehead atoms. The molecule has 3 atom stereocenters. The molecule has 0 aromatic heterocycles. The first kappa shape index (κ1) is 14.7. The number of carbonyl (C=O) groups is 3. The third kappa shape index (κ3) is 4.08.